The van der Waals surface area contributed by atoms with E-state index >= 15 is 0 Å². The molecule has 1 aromatic rings. The van der Waals surface area contributed by atoms with Gasteiger partial charge in [0.05, 0.1) is 6.54 Å². The average Bonchev–Trinajstić information content (AvgIpc) is 3.24. The Bertz CT molecular complexity index is 496. The SMILES string of the molecule is Cc1ccc(N2CCCNC(=O)C2)c(CNC2CC2)c1. The number of benzene rings is 1. The van der Waals surface area contributed by atoms with Gasteiger partial charge >= 0.3 is 0 Å². The van der Waals surface area contributed by atoms with Crippen molar-refractivity contribution in [3.8, 4) is 0 Å². The van der Waals surface area contributed by atoms with E-state index in [1.165, 1.54) is 29.7 Å². The molecule has 2 N–H and O–H groups in total. The molecule has 0 atom stereocenters. The topological polar surface area (TPSA) is 44.4 Å². The van der Waals surface area contributed by atoms with Crippen LogP contribution in [0, 0.1) is 6.92 Å². The Morgan fingerprint density at radius 2 is 2.25 bits per heavy atom. The highest BCUT2D eigenvalue weighted by Crippen LogP contribution is 2.25. The fourth-order valence-electron chi connectivity index (χ4n) is 2.72. The molecule has 20 heavy (non-hydrogen) atoms. The van der Waals surface area contributed by atoms with Crippen LogP contribution in [0.25, 0.3) is 0 Å². The van der Waals surface area contributed by atoms with Crippen LogP contribution in [-0.2, 0) is 11.3 Å². The lowest BCUT2D eigenvalue weighted by Crippen LogP contribution is -2.34. The van der Waals surface area contributed by atoms with E-state index in [2.05, 4.69) is 40.7 Å². The molecule has 4 nitrogen and oxygen atoms in total. The van der Waals surface area contributed by atoms with Crippen LogP contribution in [0.1, 0.15) is 30.4 Å². The van der Waals surface area contributed by atoms with Crippen LogP contribution in [0.15, 0.2) is 18.2 Å². The first-order chi connectivity index (χ1) is 9.72. The van der Waals surface area contributed by atoms with E-state index < -0.39 is 0 Å². The molecule has 3 rings (SSSR count). The summed E-state index contributed by atoms with van der Waals surface area (Å²) in [4.78, 5) is 14.0. The maximum Gasteiger partial charge on any atom is 0.239 e. The van der Waals surface area contributed by atoms with Gasteiger partial charge in [0, 0.05) is 31.4 Å². The van der Waals surface area contributed by atoms with Crippen LogP contribution in [0.2, 0.25) is 0 Å². The number of amides is 1. The van der Waals surface area contributed by atoms with Crippen molar-refractivity contribution in [1.29, 1.82) is 0 Å². The Kier molecular flexibility index (Phi) is 3.92. The van der Waals surface area contributed by atoms with Crippen LogP contribution in [-0.4, -0.2) is 31.6 Å². The lowest BCUT2D eigenvalue weighted by Gasteiger charge is -2.25. The molecule has 0 aromatic heterocycles. The van der Waals surface area contributed by atoms with Crippen molar-refractivity contribution in [3.05, 3.63) is 29.3 Å². The highest BCUT2D eigenvalue weighted by atomic mass is 16.2. The van der Waals surface area contributed by atoms with E-state index in [1.807, 2.05) is 0 Å². The number of anilines is 1. The number of hydrogen-bond donors (Lipinski definition) is 2. The van der Waals surface area contributed by atoms with E-state index in [0.29, 0.717) is 12.6 Å². The summed E-state index contributed by atoms with van der Waals surface area (Å²) >= 11 is 0. The fraction of sp³-hybridized carbons (Fsp3) is 0.562. The molecule has 2 aliphatic rings. The third kappa shape index (κ3) is 3.31. The Morgan fingerprint density at radius 3 is 3.05 bits per heavy atom. The lowest BCUT2D eigenvalue weighted by atomic mass is 10.1. The summed E-state index contributed by atoms with van der Waals surface area (Å²) in [6.45, 7) is 5.23. The maximum atomic E-state index is 11.8. The van der Waals surface area contributed by atoms with Gasteiger partial charge in [0.25, 0.3) is 0 Å². The first-order valence-electron chi connectivity index (χ1n) is 7.57. The number of carbonyl (C=O) groups excluding carboxylic acids is 1. The first-order valence-corrected chi connectivity index (χ1v) is 7.57. The molecular formula is C16H23N3O. The molecule has 0 unspecified atom stereocenters. The monoisotopic (exact) mass is 273 g/mol. The predicted octanol–water partition coefficient (Wildman–Crippen LogP) is 1.57. The summed E-state index contributed by atoms with van der Waals surface area (Å²) in [5.74, 6) is 0.129. The summed E-state index contributed by atoms with van der Waals surface area (Å²) in [5, 5.41) is 6.52. The average molecular weight is 273 g/mol. The number of carbonyl (C=O) groups is 1. The molecule has 0 spiro atoms. The van der Waals surface area contributed by atoms with Gasteiger partial charge in [-0.15, -0.1) is 0 Å². The lowest BCUT2D eigenvalue weighted by molar-refractivity contribution is -0.119. The van der Waals surface area contributed by atoms with Gasteiger partial charge in [0.1, 0.15) is 0 Å². The van der Waals surface area contributed by atoms with Crippen molar-refractivity contribution in [2.45, 2.75) is 38.8 Å². The van der Waals surface area contributed by atoms with Gasteiger partial charge < -0.3 is 15.5 Å². The fourth-order valence-corrected chi connectivity index (χ4v) is 2.72. The van der Waals surface area contributed by atoms with Gasteiger partial charge in [0.2, 0.25) is 5.91 Å². The van der Waals surface area contributed by atoms with Crippen molar-refractivity contribution in [1.82, 2.24) is 10.6 Å². The van der Waals surface area contributed by atoms with Crippen molar-refractivity contribution >= 4 is 11.6 Å². The van der Waals surface area contributed by atoms with E-state index in [1.54, 1.807) is 0 Å². The van der Waals surface area contributed by atoms with E-state index in [4.69, 9.17) is 0 Å². The number of nitrogens with one attached hydrogen (secondary N) is 2. The van der Waals surface area contributed by atoms with Crippen LogP contribution >= 0.6 is 0 Å². The van der Waals surface area contributed by atoms with Gasteiger partial charge in [-0.25, -0.2) is 0 Å². The third-order valence-corrected chi connectivity index (χ3v) is 4.00. The molecule has 0 bridgehead atoms. The smallest absolute Gasteiger partial charge is 0.239 e. The Hall–Kier alpha value is -1.55. The second-order valence-corrected chi connectivity index (χ2v) is 5.91. The van der Waals surface area contributed by atoms with Crippen LogP contribution in [0.5, 0.6) is 0 Å². The summed E-state index contributed by atoms with van der Waals surface area (Å²) < 4.78 is 0. The molecule has 4 heteroatoms. The molecule has 1 aliphatic heterocycles. The molecule has 2 fully saturated rings. The zero-order valence-electron chi connectivity index (χ0n) is 12.1. The largest absolute Gasteiger partial charge is 0.362 e. The Balaban J connectivity index is 1.80. The van der Waals surface area contributed by atoms with Gasteiger partial charge in [-0.2, -0.15) is 0 Å². The summed E-state index contributed by atoms with van der Waals surface area (Å²) in [6.07, 6.45) is 3.61. The normalized spacial score (nSPS) is 19.6. The van der Waals surface area contributed by atoms with E-state index in [-0.39, 0.29) is 5.91 Å². The van der Waals surface area contributed by atoms with Crippen LogP contribution < -0.4 is 15.5 Å². The van der Waals surface area contributed by atoms with Crippen molar-refractivity contribution in [2.75, 3.05) is 24.5 Å². The molecule has 1 saturated heterocycles. The van der Waals surface area contributed by atoms with Crippen molar-refractivity contribution in [2.24, 2.45) is 0 Å². The molecule has 0 radical (unpaired) electrons. The first kappa shape index (κ1) is 13.4. The van der Waals surface area contributed by atoms with E-state index in [9.17, 15) is 4.79 Å². The van der Waals surface area contributed by atoms with Crippen molar-refractivity contribution in [3.63, 3.8) is 0 Å². The van der Waals surface area contributed by atoms with Crippen LogP contribution in [0.3, 0.4) is 0 Å². The van der Waals surface area contributed by atoms with Gasteiger partial charge in [-0.05, 0) is 37.8 Å². The number of nitrogens with zero attached hydrogens (tertiary/aromatic N) is 1. The molecular weight excluding hydrogens is 250 g/mol. The number of aryl methyl sites for hydroxylation is 1. The molecule has 1 amide bonds. The zero-order chi connectivity index (χ0) is 13.9. The zero-order valence-corrected chi connectivity index (χ0v) is 12.1. The second kappa shape index (κ2) is 5.83. The minimum Gasteiger partial charge on any atom is -0.362 e. The maximum absolute atomic E-state index is 11.8. The summed E-state index contributed by atoms with van der Waals surface area (Å²) in [7, 11) is 0. The molecule has 108 valence electrons. The summed E-state index contributed by atoms with van der Waals surface area (Å²) in [5.41, 5.74) is 3.80. The highest BCUT2D eigenvalue weighted by Gasteiger charge is 2.22. The standard InChI is InChI=1S/C16H23N3O/c1-12-3-6-15(13(9-12)10-18-14-4-5-14)19-8-2-7-17-16(20)11-19/h3,6,9,14,18H,2,4-5,7-8,10-11H2,1H3,(H,17,20). The third-order valence-electron chi connectivity index (χ3n) is 4.00. The van der Waals surface area contributed by atoms with Gasteiger partial charge in [-0.1, -0.05) is 17.7 Å². The molecule has 1 saturated carbocycles. The number of hydrogen-bond acceptors (Lipinski definition) is 3. The molecule has 1 heterocycles. The minimum absolute atomic E-state index is 0.129. The minimum atomic E-state index is 0.129. The van der Waals surface area contributed by atoms with E-state index in [0.717, 1.165) is 26.1 Å². The van der Waals surface area contributed by atoms with Gasteiger partial charge in [-0.3, -0.25) is 4.79 Å². The summed E-state index contributed by atoms with van der Waals surface area (Å²) in [6, 6.07) is 7.25. The Labute approximate surface area is 120 Å². The number of rotatable bonds is 4. The second-order valence-electron chi connectivity index (χ2n) is 5.91. The van der Waals surface area contributed by atoms with Crippen LogP contribution in [0.4, 0.5) is 5.69 Å². The van der Waals surface area contributed by atoms with Gasteiger partial charge in [0.15, 0.2) is 0 Å². The molecule has 1 aromatic carbocycles. The highest BCUT2D eigenvalue weighted by molar-refractivity contribution is 5.82. The predicted molar refractivity (Wildman–Crippen MR) is 80.9 cm³/mol. The van der Waals surface area contributed by atoms with Crippen molar-refractivity contribution < 1.29 is 4.79 Å². The molecule has 1 aliphatic carbocycles. The Morgan fingerprint density at radius 1 is 1.40 bits per heavy atom. The quantitative estimate of drug-likeness (QED) is 0.875.